The number of aryl methyl sites for hydroxylation is 1. The fourth-order valence-corrected chi connectivity index (χ4v) is 2.97. The lowest BCUT2D eigenvalue weighted by atomic mass is 10.1. The van der Waals surface area contributed by atoms with Crippen molar-refractivity contribution in [3.63, 3.8) is 0 Å². The molecule has 0 spiro atoms. The molecule has 25 heavy (non-hydrogen) atoms. The predicted molar refractivity (Wildman–Crippen MR) is 102 cm³/mol. The van der Waals surface area contributed by atoms with Crippen molar-refractivity contribution in [1.82, 2.24) is 9.38 Å². The van der Waals surface area contributed by atoms with E-state index in [1.807, 2.05) is 47.9 Å². The van der Waals surface area contributed by atoms with Crippen LogP contribution < -0.4 is 5.32 Å². The summed E-state index contributed by atoms with van der Waals surface area (Å²) in [6, 6.07) is 14.3. The van der Waals surface area contributed by atoms with Crippen LogP contribution in [-0.2, 0) is 11.2 Å². The Morgan fingerprint density at radius 1 is 1.12 bits per heavy atom. The zero-order valence-electron chi connectivity index (χ0n) is 15.0. The summed E-state index contributed by atoms with van der Waals surface area (Å²) in [7, 11) is 0. The largest absolute Gasteiger partial charge is 0.310 e. The molecule has 1 N–H and O–H groups in total. The highest BCUT2D eigenvalue weighted by Gasteiger charge is 2.15. The SMILES string of the molecule is CCCCCC(=O)Nc1c(Cc2ccccc2)nc2ccc(C)cn12. The third-order valence-corrected chi connectivity index (χ3v) is 4.32. The van der Waals surface area contributed by atoms with E-state index in [1.165, 1.54) is 5.56 Å². The van der Waals surface area contributed by atoms with E-state index in [0.717, 1.165) is 42.0 Å². The highest BCUT2D eigenvalue weighted by atomic mass is 16.1. The fourth-order valence-electron chi connectivity index (χ4n) is 2.97. The Bertz CT molecular complexity index is 852. The second-order valence-electron chi connectivity index (χ2n) is 6.51. The van der Waals surface area contributed by atoms with Gasteiger partial charge in [0.15, 0.2) is 0 Å². The van der Waals surface area contributed by atoms with Crippen LogP contribution in [0.1, 0.15) is 49.4 Å². The van der Waals surface area contributed by atoms with E-state index < -0.39 is 0 Å². The molecule has 4 heteroatoms. The summed E-state index contributed by atoms with van der Waals surface area (Å²) in [5.41, 5.74) is 4.09. The summed E-state index contributed by atoms with van der Waals surface area (Å²) in [5, 5.41) is 3.10. The first kappa shape index (κ1) is 17.2. The van der Waals surface area contributed by atoms with E-state index in [2.05, 4.69) is 24.4 Å². The van der Waals surface area contributed by atoms with E-state index in [-0.39, 0.29) is 5.91 Å². The minimum atomic E-state index is 0.0612. The molecule has 0 radical (unpaired) electrons. The zero-order valence-corrected chi connectivity index (χ0v) is 15.0. The average molecular weight is 335 g/mol. The molecule has 3 rings (SSSR count). The molecular formula is C21H25N3O. The van der Waals surface area contributed by atoms with Crippen LogP contribution in [0.3, 0.4) is 0 Å². The lowest BCUT2D eigenvalue weighted by Crippen LogP contribution is -2.14. The number of imidazole rings is 1. The Kier molecular flexibility index (Phi) is 5.49. The fraction of sp³-hybridized carbons (Fsp3) is 0.333. The quantitative estimate of drug-likeness (QED) is 0.633. The number of carbonyl (C=O) groups excluding carboxylic acids is 1. The molecular weight excluding hydrogens is 310 g/mol. The van der Waals surface area contributed by atoms with Gasteiger partial charge in [-0.05, 0) is 30.5 Å². The van der Waals surface area contributed by atoms with Crippen molar-refractivity contribution in [2.24, 2.45) is 0 Å². The maximum absolute atomic E-state index is 12.4. The molecule has 2 aromatic heterocycles. The second-order valence-corrected chi connectivity index (χ2v) is 6.51. The Balaban J connectivity index is 1.91. The molecule has 0 aliphatic carbocycles. The molecule has 1 aromatic carbocycles. The number of fused-ring (bicyclic) bond motifs is 1. The van der Waals surface area contributed by atoms with Crippen molar-refractivity contribution >= 4 is 17.4 Å². The summed E-state index contributed by atoms with van der Waals surface area (Å²) >= 11 is 0. The predicted octanol–water partition coefficient (Wildman–Crippen LogP) is 4.75. The molecule has 0 aliphatic rings. The zero-order chi connectivity index (χ0) is 17.6. The van der Waals surface area contributed by atoms with Crippen LogP contribution in [0, 0.1) is 6.92 Å². The summed E-state index contributed by atoms with van der Waals surface area (Å²) in [4.78, 5) is 17.1. The number of pyridine rings is 1. The minimum absolute atomic E-state index is 0.0612. The number of unbranched alkanes of at least 4 members (excludes halogenated alkanes) is 2. The normalized spacial score (nSPS) is 11.0. The Labute approximate surface area is 148 Å². The Hall–Kier alpha value is -2.62. The molecule has 0 saturated carbocycles. The lowest BCUT2D eigenvalue weighted by Gasteiger charge is -2.08. The molecule has 130 valence electrons. The van der Waals surface area contributed by atoms with Gasteiger partial charge < -0.3 is 5.32 Å². The van der Waals surface area contributed by atoms with Gasteiger partial charge >= 0.3 is 0 Å². The van der Waals surface area contributed by atoms with E-state index in [0.29, 0.717) is 12.8 Å². The maximum atomic E-state index is 12.4. The highest BCUT2D eigenvalue weighted by molar-refractivity contribution is 5.91. The molecule has 2 heterocycles. The van der Waals surface area contributed by atoms with Crippen LogP contribution in [0.25, 0.3) is 5.65 Å². The maximum Gasteiger partial charge on any atom is 0.225 e. The molecule has 1 amide bonds. The second kappa shape index (κ2) is 7.97. The first-order valence-corrected chi connectivity index (χ1v) is 8.98. The first-order valence-electron chi connectivity index (χ1n) is 8.98. The number of carbonyl (C=O) groups is 1. The van der Waals surface area contributed by atoms with Crippen molar-refractivity contribution in [3.8, 4) is 0 Å². The van der Waals surface area contributed by atoms with Gasteiger partial charge in [0.1, 0.15) is 11.5 Å². The van der Waals surface area contributed by atoms with Gasteiger partial charge in [-0.3, -0.25) is 9.20 Å². The van der Waals surface area contributed by atoms with Gasteiger partial charge in [0.2, 0.25) is 5.91 Å². The van der Waals surface area contributed by atoms with Crippen LogP contribution in [0.5, 0.6) is 0 Å². The third kappa shape index (κ3) is 4.27. The van der Waals surface area contributed by atoms with Crippen LogP contribution in [0.15, 0.2) is 48.7 Å². The molecule has 0 unspecified atom stereocenters. The van der Waals surface area contributed by atoms with Gasteiger partial charge in [0.05, 0.1) is 5.69 Å². The third-order valence-electron chi connectivity index (χ3n) is 4.32. The summed E-state index contributed by atoms with van der Waals surface area (Å²) in [5.74, 6) is 0.857. The Morgan fingerprint density at radius 2 is 1.92 bits per heavy atom. The van der Waals surface area contributed by atoms with Gasteiger partial charge in [-0.1, -0.05) is 56.2 Å². The van der Waals surface area contributed by atoms with Gasteiger partial charge in [-0.15, -0.1) is 0 Å². The highest BCUT2D eigenvalue weighted by Crippen LogP contribution is 2.22. The average Bonchev–Trinajstić information content (AvgIpc) is 2.93. The first-order chi connectivity index (χ1) is 12.2. The van der Waals surface area contributed by atoms with Crippen LogP contribution in [-0.4, -0.2) is 15.3 Å². The number of nitrogens with zero attached hydrogens (tertiary/aromatic N) is 2. The molecule has 0 fully saturated rings. The number of amides is 1. The minimum Gasteiger partial charge on any atom is -0.310 e. The molecule has 4 nitrogen and oxygen atoms in total. The van der Waals surface area contributed by atoms with E-state index in [9.17, 15) is 4.79 Å². The monoisotopic (exact) mass is 335 g/mol. The molecule has 0 saturated heterocycles. The number of hydrogen-bond acceptors (Lipinski definition) is 2. The molecule has 3 aromatic rings. The molecule has 0 atom stereocenters. The number of hydrogen-bond donors (Lipinski definition) is 1. The molecule has 0 bridgehead atoms. The van der Waals surface area contributed by atoms with E-state index in [1.54, 1.807) is 0 Å². The van der Waals surface area contributed by atoms with Gasteiger partial charge in [0, 0.05) is 19.0 Å². The standard InChI is InChI=1S/C21H25N3O/c1-3-4-6-11-20(25)23-21-18(14-17-9-7-5-8-10-17)22-19-13-12-16(2)15-24(19)21/h5,7-10,12-13,15H,3-4,6,11,14H2,1-2H3,(H,23,25). The number of benzene rings is 1. The number of aromatic nitrogens is 2. The topological polar surface area (TPSA) is 46.4 Å². The van der Waals surface area contributed by atoms with Crippen LogP contribution in [0.2, 0.25) is 0 Å². The van der Waals surface area contributed by atoms with E-state index >= 15 is 0 Å². The van der Waals surface area contributed by atoms with Crippen molar-refractivity contribution < 1.29 is 4.79 Å². The Morgan fingerprint density at radius 3 is 2.68 bits per heavy atom. The lowest BCUT2D eigenvalue weighted by molar-refractivity contribution is -0.116. The number of anilines is 1. The van der Waals surface area contributed by atoms with Gasteiger partial charge in [-0.25, -0.2) is 4.98 Å². The van der Waals surface area contributed by atoms with E-state index in [4.69, 9.17) is 4.98 Å². The summed E-state index contributed by atoms with van der Waals surface area (Å²) in [6.45, 7) is 4.19. The van der Waals surface area contributed by atoms with Crippen molar-refractivity contribution in [3.05, 3.63) is 65.5 Å². The number of rotatable bonds is 7. The van der Waals surface area contributed by atoms with Gasteiger partial charge in [0.25, 0.3) is 0 Å². The molecule has 0 aliphatic heterocycles. The number of nitrogens with one attached hydrogen (secondary N) is 1. The summed E-state index contributed by atoms with van der Waals surface area (Å²) < 4.78 is 1.99. The van der Waals surface area contributed by atoms with Crippen molar-refractivity contribution in [1.29, 1.82) is 0 Å². The van der Waals surface area contributed by atoms with Crippen LogP contribution in [0.4, 0.5) is 5.82 Å². The van der Waals surface area contributed by atoms with Crippen molar-refractivity contribution in [2.75, 3.05) is 5.32 Å². The van der Waals surface area contributed by atoms with Crippen LogP contribution >= 0.6 is 0 Å². The summed E-state index contributed by atoms with van der Waals surface area (Å²) in [6.07, 6.45) is 6.40. The van der Waals surface area contributed by atoms with Gasteiger partial charge in [-0.2, -0.15) is 0 Å². The van der Waals surface area contributed by atoms with Crippen molar-refractivity contribution in [2.45, 2.75) is 46.0 Å². The smallest absolute Gasteiger partial charge is 0.225 e.